The highest BCUT2D eigenvalue weighted by atomic mass is 79.9. The molecule has 0 radical (unpaired) electrons. The number of anilines is 1. The fourth-order valence-corrected chi connectivity index (χ4v) is 3.67. The van der Waals surface area contributed by atoms with Gasteiger partial charge < -0.3 is 9.88 Å². The van der Waals surface area contributed by atoms with Crippen LogP contribution >= 0.6 is 50.9 Å². The van der Waals surface area contributed by atoms with Crippen LogP contribution in [0.5, 0.6) is 0 Å². The number of nitrogens with zero attached hydrogens (tertiary/aromatic N) is 3. The molecule has 1 N–H and O–H groups in total. The monoisotopic (exact) mass is 470 g/mol. The molecule has 0 saturated carbocycles. The second kappa shape index (κ2) is 8.43. The van der Waals surface area contributed by atoms with Crippen molar-refractivity contribution in [3.63, 3.8) is 0 Å². The lowest BCUT2D eigenvalue weighted by Gasteiger charge is -2.07. The molecule has 0 aliphatic carbocycles. The first-order chi connectivity index (χ1) is 12.4. The average molecular weight is 472 g/mol. The fraction of sp³-hybridized carbons (Fsp3) is 0.118. The van der Waals surface area contributed by atoms with Gasteiger partial charge in [-0.3, -0.25) is 4.79 Å². The quantitative estimate of drug-likeness (QED) is 0.514. The van der Waals surface area contributed by atoms with Gasteiger partial charge in [0.25, 0.3) is 0 Å². The number of amides is 1. The van der Waals surface area contributed by atoms with Crippen molar-refractivity contribution < 1.29 is 4.79 Å². The maximum absolute atomic E-state index is 12.1. The van der Waals surface area contributed by atoms with Gasteiger partial charge in [-0.05, 0) is 42.5 Å². The summed E-state index contributed by atoms with van der Waals surface area (Å²) in [5.74, 6) is 0.713. The van der Waals surface area contributed by atoms with Gasteiger partial charge in [-0.1, -0.05) is 50.9 Å². The number of carbonyl (C=O) groups excluding carboxylic acids is 1. The maximum Gasteiger partial charge on any atom is 0.234 e. The molecule has 0 fully saturated rings. The van der Waals surface area contributed by atoms with E-state index in [1.807, 2.05) is 31.3 Å². The highest BCUT2D eigenvalue weighted by Gasteiger charge is 2.15. The van der Waals surface area contributed by atoms with Crippen LogP contribution < -0.4 is 5.32 Å². The second-order valence-corrected chi connectivity index (χ2v) is 8.03. The zero-order valence-electron chi connectivity index (χ0n) is 13.5. The summed E-state index contributed by atoms with van der Waals surface area (Å²) in [6, 6.07) is 12.6. The first-order valence-corrected chi connectivity index (χ1v) is 10.0. The summed E-state index contributed by atoms with van der Waals surface area (Å²) in [6.07, 6.45) is 0. The molecule has 5 nitrogen and oxygen atoms in total. The van der Waals surface area contributed by atoms with E-state index >= 15 is 0 Å². The van der Waals surface area contributed by atoms with Gasteiger partial charge in [-0.15, -0.1) is 10.2 Å². The minimum atomic E-state index is -0.119. The predicted molar refractivity (Wildman–Crippen MR) is 110 cm³/mol. The van der Waals surface area contributed by atoms with Crippen molar-refractivity contribution in [1.29, 1.82) is 0 Å². The van der Waals surface area contributed by atoms with Gasteiger partial charge in [0.15, 0.2) is 11.0 Å². The SMILES string of the molecule is Cn1c(SCC(=O)Nc2ccc(Br)cc2)nnc1-c1ccc(Cl)cc1Cl. The standard InChI is InChI=1S/C17H13BrCl2N4OS/c1-24-16(13-7-4-11(19)8-14(13)20)22-23-17(24)26-9-15(25)21-12-5-2-10(18)3-6-12/h2-8H,9H2,1H3,(H,21,25). The first kappa shape index (κ1) is 19.2. The molecule has 1 aromatic heterocycles. The molecule has 0 aliphatic rings. The summed E-state index contributed by atoms with van der Waals surface area (Å²) in [4.78, 5) is 12.1. The Bertz CT molecular complexity index is 946. The van der Waals surface area contributed by atoms with Crippen molar-refractivity contribution in [2.45, 2.75) is 5.16 Å². The largest absolute Gasteiger partial charge is 0.325 e. The van der Waals surface area contributed by atoms with Crippen molar-refractivity contribution in [2.24, 2.45) is 7.05 Å². The Hall–Kier alpha value is -1.54. The molecule has 1 amide bonds. The van der Waals surface area contributed by atoms with E-state index in [1.54, 1.807) is 22.8 Å². The number of hydrogen-bond donors (Lipinski definition) is 1. The minimum absolute atomic E-state index is 0.119. The predicted octanol–water partition coefficient (Wildman–Crippen LogP) is 5.28. The van der Waals surface area contributed by atoms with Gasteiger partial charge in [-0.2, -0.15) is 0 Å². The van der Waals surface area contributed by atoms with Gasteiger partial charge in [-0.25, -0.2) is 0 Å². The van der Waals surface area contributed by atoms with Gasteiger partial charge >= 0.3 is 0 Å². The minimum Gasteiger partial charge on any atom is -0.325 e. The van der Waals surface area contributed by atoms with E-state index in [4.69, 9.17) is 23.2 Å². The molecule has 0 atom stereocenters. The molecule has 3 aromatic rings. The van der Waals surface area contributed by atoms with Crippen LogP contribution in [0.1, 0.15) is 0 Å². The molecule has 9 heteroatoms. The van der Waals surface area contributed by atoms with Crippen LogP contribution in [-0.4, -0.2) is 26.4 Å². The van der Waals surface area contributed by atoms with Gasteiger partial charge in [0.2, 0.25) is 5.91 Å². The lowest BCUT2D eigenvalue weighted by atomic mass is 10.2. The number of aromatic nitrogens is 3. The highest BCUT2D eigenvalue weighted by molar-refractivity contribution is 9.10. The number of thioether (sulfide) groups is 1. The van der Waals surface area contributed by atoms with Crippen molar-refractivity contribution in [3.05, 3.63) is 57.0 Å². The van der Waals surface area contributed by atoms with Crippen LogP contribution in [0.15, 0.2) is 52.1 Å². The van der Waals surface area contributed by atoms with Crippen molar-refractivity contribution >= 4 is 62.5 Å². The second-order valence-electron chi connectivity index (χ2n) is 5.33. The zero-order chi connectivity index (χ0) is 18.7. The molecule has 0 aliphatic heterocycles. The molecule has 3 rings (SSSR count). The smallest absolute Gasteiger partial charge is 0.234 e. The molecular weight excluding hydrogens is 459 g/mol. The van der Waals surface area contributed by atoms with Gasteiger partial charge in [0.05, 0.1) is 10.8 Å². The van der Waals surface area contributed by atoms with Crippen LogP contribution in [-0.2, 0) is 11.8 Å². The maximum atomic E-state index is 12.1. The molecular formula is C17H13BrCl2N4OS. The summed E-state index contributed by atoms with van der Waals surface area (Å²) in [7, 11) is 1.83. The van der Waals surface area contributed by atoms with Crippen LogP contribution in [0.2, 0.25) is 10.0 Å². The molecule has 26 heavy (non-hydrogen) atoms. The van der Waals surface area contributed by atoms with E-state index < -0.39 is 0 Å². The summed E-state index contributed by atoms with van der Waals surface area (Å²) in [5, 5.41) is 12.8. The number of hydrogen-bond acceptors (Lipinski definition) is 4. The van der Waals surface area contributed by atoms with E-state index in [0.717, 1.165) is 15.7 Å². The van der Waals surface area contributed by atoms with Crippen molar-refractivity contribution in [3.8, 4) is 11.4 Å². The molecule has 0 spiro atoms. The third kappa shape index (κ3) is 4.59. The van der Waals surface area contributed by atoms with E-state index in [2.05, 4.69) is 31.4 Å². The van der Waals surface area contributed by atoms with Crippen LogP contribution in [0.3, 0.4) is 0 Å². The van der Waals surface area contributed by atoms with Crippen LogP contribution in [0.4, 0.5) is 5.69 Å². The lowest BCUT2D eigenvalue weighted by Crippen LogP contribution is -2.14. The third-order valence-corrected chi connectivity index (χ3v) is 5.56. The van der Waals surface area contributed by atoms with E-state index in [-0.39, 0.29) is 11.7 Å². The molecule has 134 valence electrons. The Kier molecular flexibility index (Phi) is 6.24. The Morgan fingerprint density at radius 2 is 1.92 bits per heavy atom. The number of rotatable bonds is 5. The Morgan fingerprint density at radius 1 is 1.19 bits per heavy atom. The van der Waals surface area contributed by atoms with Gasteiger partial charge in [0.1, 0.15) is 0 Å². The van der Waals surface area contributed by atoms with Crippen LogP contribution in [0.25, 0.3) is 11.4 Å². The number of carbonyl (C=O) groups is 1. The Labute approximate surface area is 173 Å². The first-order valence-electron chi connectivity index (χ1n) is 7.47. The number of benzene rings is 2. The fourth-order valence-electron chi connectivity index (χ4n) is 2.21. The van der Waals surface area contributed by atoms with Crippen molar-refractivity contribution in [1.82, 2.24) is 14.8 Å². The summed E-state index contributed by atoms with van der Waals surface area (Å²) < 4.78 is 2.75. The summed E-state index contributed by atoms with van der Waals surface area (Å²) in [5.41, 5.74) is 1.47. The van der Waals surface area contributed by atoms with E-state index in [0.29, 0.717) is 21.0 Å². The summed E-state index contributed by atoms with van der Waals surface area (Å²) in [6.45, 7) is 0. The highest BCUT2D eigenvalue weighted by Crippen LogP contribution is 2.30. The van der Waals surface area contributed by atoms with E-state index in [9.17, 15) is 4.79 Å². The third-order valence-electron chi connectivity index (χ3n) is 3.47. The topological polar surface area (TPSA) is 59.8 Å². The van der Waals surface area contributed by atoms with Crippen LogP contribution in [0, 0.1) is 0 Å². The normalized spacial score (nSPS) is 10.8. The Balaban J connectivity index is 1.66. The summed E-state index contributed by atoms with van der Waals surface area (Å²) >= 11 is 16.8. The van der Waals surface area contributed by atoms with E-state index in [1.165, 1.54) is 11.8 Å². The molecule has 2 aromatic carbocycles. The number of halogens is 3. The average Bonchev–Trinajstić information content (AvgIpc) is 2.96. The van der Waals surface area contributed by atoms with Crippen molar-refractivity contribution in [2.75, 3.05) is 11.1 Å². The number of nitrogens with one attached hydrogen (secondary N) is 1. The molecule has 0 saturated heterocycles. The Morgan fingerprint density at radius 3 is 2.62 bits per heavy atom. The van der Waals surface area contributed by atoms with Gasteiger partial charge in [0, 0.05) is 27.8 Å². The lowest BCUT2D eigenvalue weighted by molar-refractivity contribution is -0.113. The molecule has 1 heterocycles. The molecule has 0 unspecified atom stereocenters. The molecule has 0 bridgehead atoms. The zero-order valence-corrected chi connectivity index (χ0v) is 17.5.